The minimum Gasteiger partial charge on any atom is -0.340 e. The minimum atomic E-state index is -3.56. The molecule has 0 bridgehead atoms. The van der Waals surface area contributed by atoms with Crippen LogP contribution >= 0.6 is 15.9 Å². The summed E-state index contributed by atoms with van der Waals surface area (Å²) in [6.07, 6.45) is 4.88. The van der Waals surface area contributed by atoms with E-state index in [1.807, 2.05) is 6.92 Å². The highest BCUT2D eigenvalue weighted by molar-refractivity contribution is 9.10. The van der Waals surface area contributed by atoms with E-state index in [1.165, 1.54) is 21.4 Å². The van der Waals surface area contributed by atoms with Crippen LogP contribution in [0.15, 0.2) is 28.0 Å². The molecule has 0 radical (unpaired) electrons. The van der Waals surface area contributed by atoms with Crippen LogP contribution in [0, 0.1) is 6.92 Å². The van der Waals surface area contributed by atoms with Crippen molar-refractivity contribution >= 4 is 31.9 Å². The molecule has 0 aliphatic carbocycles. The fraction of sp³-hybridized carbons (Fsp3) is 0.533. The van der Waals surface area contributed by atoms with Gasteiger partial charge in [-0.05, 0) is 22.9 Å². The molecule has 1 aliphatic rings. The van der Waals surface area contributed by atoms with Crippen molar-refractivity contribution in [1.82, 2.24) is 28.8 Å². The fourth-order valence-corrected chi connectivity index (χ4v) is 4.57. The molecular formula is C15H21BrN6O3S. The number of aryl methyl sites for hydroxylation is 2. The summed E-state index contributed by atoms with van der Waals surface area (Å²) in [5.74, 6) is 0.00875. The number of hydrogen-bond acceptors (Lipinski definition) is 5. The lowest BCUT2D eigenvalue weighted by Crippen LogP contribution is -2.50. The van der Waals surface area contributed by atoms with Gasteiger partial charge in [-0.25, -0.2) is 8.42 Å². The number of rotatable bonds is 5. The molecule has 0 aromatic carbocycles. The lowest BCUT2D eigenvalue weighted by Gasteiger charge is -2.33. The molecule has 9 nitrogen and oxygen atoms in total. The zero-order valence-corrected chi connectivity index (χ0v) is 17.1. The largest absolute Gasteiger partial charge is 0.340 e. The van der Waals surface area contributed by atoms with Gasteiger partial charge >= 0.3 is 0 Å². The second-order valence-electron chi connectivity index (χ2n) is 6.19. The Bertz CT molecular complexity index is 898. The first-order valence-corrected chi connectivity index (χ1v) is 10.5. The van der Waals surface area contributed by atoms with Crippen LogP contribution < -0.4 is 0 Å². The standard InChI is InChI=1S/C15H21BrN6O3S/c1-12-14(16)10-18-22(12)4-3-15(23)20-5-7-21(8-6-20)26(24,25)13-9-17-19(2)11-13/h9-11H,3-8H2,1-2H3. The topological polar surface area (TPSA) is 93.3 Å². The van der Waals surface area contributed by atoms with E-state index in [1.54, 1.807) is 22.8 Å². The fourth-order valence-electron chi connectivity index (χ4n) is 2.87. The third kappa shape index (κ3) is 3.84. The Labute approximate surface area is 160 Å². The van der Waals surface area contributed by atoms with Crippen molar-refractivity contribution in [2.45, 2.75) is 24.8 Å². The highest BCUT2D eigenvalue weighted by Crippen LogP contribution is 2.18. The molecule has 2 aromatic rings. The van der Waals surface area contributed by atoms with Crippen molar-refractivity contribution in [2.24, 2.45) is 7.05 Å². The lowest BCUT2D eigenvalue weighted by molar-refractivity contribution is -0.132. The van der Waals surface area contributed by atoms with Gasteiger partial charge in [0.1, 0.15) is 4.90 Å². The molecule has 0 saturated carbocycles. The van der Waals surface area contributed by atoms with Crippen molar-refractivity contribution in [1.29, 1.82) is 0 Å². The number of hydrogen-bond donors (Lipinski definition) is 0. The Kier molecular flexibility index (Phi) is 5.49. The van der Waals surface area contributed by atoms with Gasteiger partial charge in [-0.15, -0.1) is 0 Å². The summed E-state index contributed by atoms with van der Waals surface area (Å²) in [5, 5.41) is 8.13. The summed E-state index contributed by atoms with van der Waals surface area (Å²) in [4.78, 5) is 14.3. The molecule has 26 heavy (non-hydrogen) atoms. The van der Waals surface area contributed by atoms with Gasteiger partial charge < -0.3 is 4.90 Å². The smallest absolute Gasteiger partial charge is 0.246 e. The van der Waals surface area contributed by atoms with Crippen molar-refractivity contribution in [3.05, 3.63) is 28.8 Å². The molecule has 2 aromatic heterocycles. The maximum absolute atomic E-state index is 12.6. The number of nitrogens with zero attached hydrogens (tertiary/aromatic N) is 6. The summed E-state index contributed by atoms with van der Waals surface area (Å²) in [6.45, 7) is 3.79. The Morgan fingerprint density at radius 1 is 1.19 bits per heavy atom. The van der Waals surface area contributed by atoms with Gasteiger partial charge in [0.15, 0.2) is 0 Å². The molecule has 11 heteroatoms. The molecule has 0 unspecified atom stereocenters. The quantitative estimate of drug-likeness (QED) is 0.673. The van der Waals surface area contributed by atoms with Crippen LogP contribution in [-0.4, -0.2) is 69.3 Å². The zero-order valence-electron chi connectivity index (χ0n) is 14.7. The van der Waals surface area contributed by atoms with E-state index in [2.05, 4.69) is 26.1 Å². The van der Waals surface area contributed by atoms with Crippen molar-refractivity contribution < 1.29 is 13.2 Å². The Hall–Kier alpha value is -1.72. The minimum absolute atomic E-state index is 0.00875. The third-order valence-corrected chi connectivity index (χ3v) is 7.12. The molecule has 0 spiro atoms. The number of aromatic nitrogens is 4. The molecule has 1 fully saturated rings. The number of amides is 1. The summed E-state index contributed by atoms with van der Waals surface area (Å²) in [7, 11) is -1.88. The van der Waals surface area contributed by atoms with E-state index in [4.69, 9.17) is 0 Å². The molecule has 3 heterocycles. The van der Waals surface area contributed by atoms with Gasteiger partial charge in [0.25, 0.3) is 0 Å². The molecule has 0 N–H and O–H groups in total. The number of piperazine rings is 1. The normalized spacial score (nSPS) is 16.2. The van der Waals surface area contributed by atoms with E-state index in [0.717, 1.165) is 10.2 Å². The van der Waals surface area contributed by atoms with E-state index in [-0.39, 0.29) is 23.9 Å². The molecule has 1 amide bonds. The highest BCUT2D eigenvalue weighted by atomic mass is 79.9. The van der Waals surface area contributed by atoms with Crippen LogP contribution in [0.25, 0.3) is 0 Å². The second-order valence-corrected chi connectivity index (χ2v) is 8.98. The summed E-state index contributed by atoms with van der Waals surface area (Å²) in [6, 6.07) is 0. The van der Waals surface area contributed by atoms with Crippen LogP contribution in [0.4, 0.5) is 0 Å². The highest BCUT2D eigenvalue weighted by Gasteiger charge is 2.30. The van der Waals surface area contributed by atoms with E-state index >= 15 is 0 Å². The van der Waals surface area contributed by atoms with E-state index < -0.39 is 10.0 Å². The summed E-state index contributed by atoms with van der Waals surface area (Å²) in [5.41, 5.74) is 0.977. The molecular weight excluding hydrogens is 424 g/mol. The summed E-state index contributed by atoms with van der Waals surface area (Å²) < 4.78 is 30.7. The third-order valence-electron chi connectivity index (χ3n) is 4.49. The second kappa shape index (κ2) is 7.49. The SMILES string of the molecule is Cc1c(Br)cnn1CCC(=O)N1CCN(S(=O)(=O)c2cnn(C)c2)CC1. The van der Waals surface area contributed by atoms with Gasteiger partial charge in [-0.1, -0.05) is 0 Å². The molecule has 142 valence electrons. The van der Waals surface area contributed by atoms with Crippen LogP contribution in [0.2, 0.25) is 0 Å². The maximum atomic E-state index is 12.6. The maximum Gasteiger partial charge on any atom is 0.246 e. The average Bonchev–Trinajstić information content (AvgIpc) is 3.20. The van der Waals surface area contributed by atoms with Gasteiger partial charge in [0.05, 0.1) is 16.9 Å². The van der Waals surface area contributed by atoms with Gasteiger partial charge in [0, 0.05) is 58.1 Å². The van der Waals surface area contributed by atoms with Crippen LogP contribution in [0.3, 0.4) is 0 Å². The summed E-state index contributed by atoms with van der Waals surface area (Å²) >= 11 is 3.40. The molecule has 1 saturated heterocycles. The number of carbonyl (C=O) groups excluding carboxylic acids is 1. The average molecular weight is 445 g/mol. The predicted molar refractivity (Wildman–Crippen MR) is 97.8 cm³/mol. The zero-order chi connectivity index (χ0) is 18.9. The first-order chi connectivity index (χ1) is 12.3. The van der Waals surface area contributed by atoms with Crippen LogP contribution in [0.1, 0.15) is 12.1 Å². The van der Waals surface area contributed by atoms with Crippen LogP contribution in [0.5, 0.6) is 0 Å². The van der Waals surface area contributed by atoms with Gasteiger partial charge in [0.2, 0.25) is 15.9 Å². The van der Waals surface area contributed by atoms with Crippen molar-refractivity contribution in [3.8, 4) is 0 Å². The molecule has 3 rings (SSSR count). The molecule has 1 aliphatic heterocycles. The number of halogens is 1. The first kappa shape index (κ1) is 19.1. The number of sulfonamides is 1. The van der Waals surface area contributed by atoms with Gasteiger partial charge in [-0.2, -0.15) is 14.5 Å². The first-order valence-electron chi connectivity index (χ1n) is 8.23. The predicted octanol–water partition coefficient (Wildman–Crippen LogP) is 0.611. The van der Waals surface area contributed by atoms with Crippen molar-refractivity contribution in [2.75, 3.05) is 26.2 Å². The Balaban J connectivity index is 1.54. The Morgan fingerprint density at radius 2 is 1.88 bits per heavy atom. The van der Waals surface area contributed by atoms with E-state index in [9.17, 15) is 13.2 Å². The van der Waals surface area contributed by atoms with Crippen molar-refractivity contribution in [3.63, 3.8) is 0 Å². The van der Waals surface area contributed by atoms with Gasteiger partial charge in [-0.3, -0.25) is 14.2 Å². The molecule has 0 atom stereocenters. The Morgan fingerprint density at radius 3 is 2.42 bits per heavy atom. The van der Waals surface area contributed by atoms with E-state index in [0.29, 0.717) is 26.1 Å². The lowest BCUT2D eigenvalue weighted by atomic mass is 10.3. The number of carbonyl (C=O) groups is 1. The monoisotopic (exact) mass is 444 g/mol. The van der Waals surface area contributed by atoms with Crippen LogP contribution in [-0.2, 0) is 28.4 Å².